The zero-order chi connectivity index (χ0) is 23.7. The highest BCUT2D eigenvalue weighted by Crippen LogP contribution is 2.47. The highest BCUT2D eigenvalue weighted by molar-refractivity contribution is 6.62. The third-order valence-electron chi connectivity index (χ3n) is 12.5. The predicted octanol–water partition coefficient (Wildman–Crippen LogP) is 11.5. The van der Waals surface area contributed by atoms with Crippen LogP contribution in [0.5, 0.6) is 0 Å². The zero-order valence-corrected chi connectivity index (χ0v) is 26.0. The van der Waals surface area contributed by atoms with Gasteiger partial charge in [0.25, 0.3) is 28.3 Å². The van der Waals surface area contributed by atoms with E-state index < -0.39 is 28.3 Å². The summed E-state index contributed by atoms with van der Waals surface area (Å²) in [4.78, 5) is 0. The van der Waals surface area contributed by atoms with Crippen molar-refractivity contribution in [2.24, 2.45) is 11.8 Å². The van der Waals surface area contributed by atoms with Gasteiger partial charge < -0.3 is 0 Å². The minimum atomic E-state index is -0.538. The summed E-state index contributed by atoms with van der Waals surface area (Å²) in [5.41, 5.74) is 0. The first-order valence-corrected chi connectivity index (χ1v) is 21.7. The molecule has 0 aromatic rings. The van der Waals surface area contributed by atoms with Gasteiger partial charge in [0.15, 0.2) is 0 Å². The van der Waals surface area contributed by atoms with E-state index in [-0.39, 0.29) is 0 Å². The van der Waals surface area contributed by atoms with E-state index in [1.165, 1.54) is 19.1 Å². The fraction of sp³-hybridized carbons (Fsp3) is 1.00. The Morgan fingerprint density at radius 2 is 0.629 bits per heavy atom. The molecular weight excluding hydrogens is 450 g/mol. The van der Waals surface area contributed by atoms with Crippen LogP contribution in [0.25, 0.3) is 0 Å². The lowest BCUT2D eigenvalue weighted by atomic mass is 9.99. The van der Waals surface area contributed by atoms with Crippen LogP contribution in [0, 0.1) is 11.8 Å². The molecule has 5 rings (SSSR count). The Kier molecular flexibility index (Phi) is 11.8. The Balaban J connectivity index is 1.09. The fourth-order valence-corrected chi connectivity index (χ4v) is 21.0. The van der Waals surface area contributed by atoms with Crippen molar-refractivity contribution in [3.8, 4) is 0 Å². The van der Waals surface area contributed by atoms with Crippen molar-refractivity contribution in [3.05, 3.63) is 0 Å². The molecule has 0 aliphatic heterocycles. The van der Waals surface area contributed by atoms with Crippen molar-refractivity contribution in [3.63, 3.8) is 0 Å². The molecule has 0 aromatic heterocycles. The van der Waals surface area contributed by atoms with E-state index in [0.717, 1.165) is 11.8 Å². The second-order valence-electron chi connectivity index (χ2n) is 14.6. The van der Waals surface area contributed by atoms with Gasteiger partial charge in [0.1, 0.15) is 0 Å². The lowest BCUT2D eigenvalue weighted by molar-refractivity contribution is 0.439. The van der Waals surface area contributed by atoms with E-state index in [9.17, 15) is 0 Å². The molecule has 0 heterocycles. The molecular formula is C33H60Al2. The largest absolute Gasteiger partial charge is 0.268 e. The SMILES string of the molecule is C1CC[CH]([Al]([CH2]CC2CCC(C[CH2][Al]([CH]3CCCCC3)[CH]3CCCCC3)C2)[CH]2CCCCC2)CC1. The van der Waals surface area contributed by atoms with Crippen LogP contribution < -0.4 is 0 Å². The molecule has 2 unspecified atom stereocenters. The standard InChI is InChI=1S/C9H16.4C6H11.2Al/c1-3-8-5-6-9(4-2)7-8;4*1-2-4-6-5-3-1;;/h8-9H,1-7H2;4*1H,2-6H2;;. The smallest absolute Gasteiger partial charge is 0.0933 e. The molecule has 198 valence electrons. The molecule has 5 fully saturated rings. The summed E-state index contributed by atoms with van der Waals surface area (Å²) in [6.07, 6.45) is 40.3. The van der Waals surface area contributed by atoms with Crippen molar-refractivity contribution < 1.29 is 0 Å². The van der Waals surface area contributed by atoms with E-state index in [1.54, 1.807) is 171 Å². The zero-order valence-electron chi connectivity index (χ0n) is 23.7. The van der Waals surface area contributed by atoms with Crippen LogP contribution in [0.15, 0.2) is 0 Å². The highest BCUT2D eigenvalue weighted by atomic mass is 27.2. The maximum atomic E-state index is 1.76. The highest BCUT2D eigenvalue weighted by Gasteiger charge is 2.39. The van der Waals surface area contributed by atoms with Gasteiger partial charge in [0, 0.05) is 0 Å². The van der Waals surface area contributed by atoms with Crippen LogP contribution in [0.1, 0.15) is 161 Å². The molecule has 2 atom stereocenters. The van der Waals surface area contributed by atoms with Gasteiger partial charge in [-0.2, -0.15) is 0 Å². The molecule has 0 nitrogen and oxygen atoms in total. The first-order chi connectivity index (χ1) is 17.4. The van der Waals surface area contributed by atoms with Crippen molar-refractivity contribution in [1.82, 2.24) is 0 Å². The van der Waals surface area contributed by atoms with Gasteiger partial charge in [0.05, 0.1) is 0 Å². The second kappa shape index (κ2) is 15.0. The summed E-state index contributed by atoms with van der Waals surface area (Å²) >= 11 is -1.08. The lowest BCUT2D eigenvalue weighted by Crippen LogP contribution is -2.30. The average molecular weight is 511 g/mol. The number of hydrogen-bond acceptors (Lipinski definition) is 0. The van der Waals surface area contributed by atoms with Gasteiger partial charge in [-0.1, -0.05) is 184 Å². The maximum Gasteiger partial charge on any atom is 0.268 e. The van der Waals surface area contributed by atoms with Crippen molar-refractivity contribution in [2.75, 3.05) is 0 Å². The summed E-state index contributed by atoms with van der Waals surface area (Å²) in [7, 11) is 0. The Bertz CT molecular complexity index is 480. The molecule has 5 saturated carbocycles. The van der Waals surface area contributed by atoms with E-state index in [1.807, 2.05) is 0 Å². The molecule has 0 spiro atoms. The van der Waals surface area contributed by atoms with Gasteiger partial charge in [0.2, 0.25) is 0 Å². The van der Waals surface area contributed by atoms with Gasteiger partial charge in [-0.15, -0.1) is 0 Å². The topological polar surface area (TPSA) is 0 Å². The van der Waals surface area contributed by atoms with Gasteiger partial charge >= 0.3 is 0 Å². The van der Waals surface area contributed by atoms with Crippen LogP contribution in [0.2, 0.25) is 29.7 Å². The fourth-order valence-electron chi connectivity index (χ4n) is 10.5. The van der Waals surface area contributed by atoms with Gasteiger partial charge in [-0.05, 0) is 18.3 Å². The Hall–Kier alpha value is 1.06. The van der Waals surface area contributed by atoms with E-state index >= 15 is 0 Å². The van der Waals surface area contributed by atoms with Crippen molar-refractivity contribution in [1.29, 1.82) is 0 Å². The van der Waals surface area contributed by atoms with Crippen LogP contribution in [0.3, 0.4) is 0 Å². The third kappa shape index (κ3) is 8.27. The molecule has 5 aliphatic rings. The Labute approximate surface area is 229 Å². The van der Waals surface area contributed by atoms with Crippen LogP contribution in [-0.2, 0) is 0 Å². The maximum absolute atomic E-state index is 1.76. The first kappa shape index (κ1) is 27.6. The molecule has 0 bridgehead atoms. The molecule has 0 aromatic carbocycles. The van der Waals surface area contributed by atoms with E-state index in [4.69, 9.17) is 0 Å². The summed E-state index contributed by atoms with van der Waals surface area (Å²) in [5.74, 6) is 2.29. The van der Waals surface area contributed by atoms with Crippen LogP contribution in [-0.4, -0.2) is 28.3 Å². The molecule has 0 amide bonds. The van der Waals surface area contributed by atoms with E-state index in [0.29, 0.717) is 0 Å². The minimum absolute atomic E-state index is 0.538. The van der Waals surface area contributed by atoms with Crippen molar-refractivity contribution in [2.45, 2.75) is 190 Å². The Morgan fingerprint density at radius 1 is 0.343 bits per heavy atom. The quantitative estimate of drug-likeness (QED) is 0.256. The average Bonchev–Trinajstić information content (AvgIpc) is 3.39. The monoisotopic (exact) mass is 510 g/mol. The molecule has 0 saturated heterocycles. The van der Waals surface area contributed by atoms with Crippen molar-refractivity contribution >= 4 is 28.3 Å². The van der Waals surface area contributed by atoms with Crippen LogP contribution >= 0.6 is 0 Å². The predicted molar refractivity (Wildman–Crippen MR) is 159 cm³/mol. The summed E-state index contributed by atoms with van der Waals surface area (Å²) in [6.45, 7) is 0. The summed E-state index contributed by atoms with van der Waals surface area (Å²) in [5, 5.41) is 3.52. The molecule has 0 N–H and O–H groups in total. The lowest BCUT2D eigenvalue weighted by Gasteiger charge is -2.35. The van der Waals surface area contributed by atoms with Crippen LogP contribution in [0.4, 0.5) is 0 Å². The first-order valence-electron chi connectivity index (χ1n) is 17.4. The molecule has 2 heteroatoms. The Morgan fingerprint density at radius 3 is 0.914 bits per heavy atom. The van der Waals surface area contributed by atoms with E-state index in [2.05, 4.69) is 0 Å². The normalized spacial score (nSPS) is 30.5. The third-order valence-corrected chi connectivity index (χ3v) is 22.0. The van der Waals surface area contributed by atoms with Gasteiger partial charge in [-0.25, -0.2) is 0 Å². The number of rotatable bonds is 10. The summed E-state index contributed by atoms with van der Waals surface area (Å²) in [6, 6.07) is 0. The summed E-state index contributed by atoms with van der Waals surface area (Å²) < 4.78 is 5.01. The molecule has 0 radical (unpaired) electrons. The molecule has 35 heavy (non-hydrogen) atoms. The molecule has 5 aliphatic carbocycles. The number of hydrogen-bond donors (Lipinski definition) is 0. The minimum Gasteiger partial charge on any atom is -0.0933 e. The second-order valence-corrected chi connectivity index (χ2v) is 22.2. The van der Waals surface area contributed by atoms with Gasteiger partial charge in [-0.3, -0.25) is 0 Å².